The number of carbonyl (C=O) groups excluding carboxylic acids is 2. The van der Waals surface area contributed by atoms with Crippen LogP contribution >= 0.6 is 0 Å². The first-order chi connectivity index (χ1) is 11.3. The maximum absolute atomic E-state index is 11.8. The van der Waals surface area contributed by atoms with Gasteiger partial charge in [0, 0.05) is 13.0 Å². The van der Waals surface area contributed by atoms with Crippen molar-refractivity contribution in [3.63, 3.8) is 0 Å². The second-order valence-corrected chi connectivity index (χ2v) is 6.51. The van der Waals surface area contributed by atoms with E-state index in [1.165, 1.54) is 0 Å². The zero-order valence-corrected chi connectivity index (χ0v) is 14.3. The number of aromatic amines is 1. The Hall–Kier alpha value is -2.57. The van der Waals surface area contributed by atoms with Crippen LogP contribution in [0.2, 0.25) is 0 Å². The molecule has 0 bridgehead atoms. The Morgan fingerprint density at radius 3 is 2.67 bits per heavy atom. The summed E-state index contributed by atoms with van der Waals surface area (Å²) in [5, 5.41) is 5.44. The van der Waals surface area contributed by atoms with Gasteiger partial charge in [0.1, 0.15) is 11.4 Å². The monoisotopic (exact) mass is 332 g/mol. The van der Waals surface area contributed by atoms with Crippen molar-refractivity contribution in [3.8, 4) is 0 Å². The molecular weight excluding hydrogens is 308 g/mol. The van der Waals surface area contributed by atoms with E-state index in [9.17, 15) is 9.59 Å². The van der Waals surface area contributed by atoms with Crippen molar-refractivity contribution >= 4 is 23.0 Å². The third-order valence-electron chi connectivity index (χ3n) is 3.14. The van der Waals surface area contributed by atoms with Gasteiger partial charge in [-0.05, 0) is 39.3 Å². The molecule has 2 aromatic rings. The Morgan fingerprint density at radius 2 is 1.96 bits per heavy atom. The van der Waals surface area contributed by atoms with Crippen LogP contribution in [-0.4, -0.2) is 34.1 Å². The molecular formula is C17H24N4O3. The number of para-hydroxylation sites is 2. The minimum Gasteiger partial charge on any atom is -0.444 e. The van der Waals surface area contributed by atoms with Gasteiger partial charge in [0.05, 0.1) is 17.6 Å². The molecule has 0 unspecified atom stereocenters. The summed E-state index contributed by atoms with van der Waals surface area (Å²) in [6.07, 6.45) is 0.409. The van der Waals surface area contributed by atoms with Crippen molar-refractivity contribution in [2.24, 2.45) is 0 Å². The Balaban J connectivity index is 1.64. The highest BCUT2D eigenvalue weighted by Gasteiger charge is 2.15. The van der Waals surface area contributed by atoms with E-state index in [0.717, 1.165) is 16.9 Å². The Labute approximate surface area is 141 Å². The molecule has 7 heteroatoms. The largest absolute Gasteiger partial charge is 0.444 e. The molecule has 0 aliphatic heterocycles. The number of hydrogen-bond acceptors (Lipinski definition) is 4. The summed E-state index contributed by atoms with van der Waals surface area (Å²) < 4.78 is 5.12. The SMILES string of the molecule is CC(C)(C)OC(=O)NCCCC(=O)NCc1nc2ccccc2[nH]1. The molecule has 130 valence electrons. The van der Waals surface area contributed by atoms with E-state index < -0.39 is 11.7 Å². The molecule has 0 saturated carbocycles. The number of nitrogens with zero attached hydrogens (tertiary/aromatic N) is 1. The third-order valence-corrected chi connectivity index (χ3v) is 3.14. The smallest absolute Gasteiger partial charge is 0.407 e. The van der Waals surface area contributed by atoms with Crippen molar-refractivity contribution in [1.82, 2.24) is 20.6 Å². The van der Waals surface area contributed by atoms with Gasteiger partial charge in [-0.15, -0.1) is 0 Å². The summed E-state index contributed by atoms with van der Waals surface area (Å²) in [4.78, 5) is 30.8. The molecule has 1 aromatic carbocycles. The first kappa shape index (κ1) is 17.8. The van der Waals surface area contributed by atoms with Crippen molar-refractivity contribution in [2.75, 3.05) is 6.54 Å². The predicted molar refractivity (Wildman–Crippen MR) is 91.4 cm³/mol. The summed E-state index contributed by atoms with van der Waals surface area (Å²) in [5.74, 6) is 0.637. The highest BCUT2D eigenvalue weighted by molar-refractivity contribution is 5.77. The van der Waals surface area contributed by atoms with E-state index >= 15 is 0 Å². The van der Waals surface area contributed by atoms with Crippen molar-refractivity contribution in [1.29, 1.82) is 0 Å². The van der Waals surface area contributed by atoms with Crippen molar-refractivity contribution in [2.45, 2.75) is 45.8 Å². The van der Waals surface area contributed by atoms with Gasteiger partial charge in [0.15, 0.2) is 0 Å². The van der Waals surface area contributed by atoms with Crippen molar-refractivity contribution < 1.29 is 14.3 Å². The van der Waals surface area contributed by atoms with E-state index in [2.05, 4.69) is 20.6 Å². The zero-order chi connectivity index (χ0) is 17.6. The lowest BCUT2D eigenvalue weighted by Gasteiger charge is -2.19. The van der Waals surface area contributed by atoms with Crippen molar-refractivity contribution in [3.05, 3.63) is 30.1 Å². The van der Waals surface area contributed by atoms with Crippen LogP contribution in [0.25, 0.3) is 11.0 Å². The average Bonchev–Trinajstić information content (AvgIpc) is 2.90. The normalized spacial score (nSPS) is 11.3. The Bertz CT molecular complexity index is 670. The fraction of sp³-hybridized carbons (Fsp3) is 0.471. The molecule has 2 rings (SSSR count). The Kier molecular flexibility index (Phi) is 5.78. The van der Waals surface area contributed by atoms with E-state index in [-0.39, 0.29) is 5.91 Å². The molecule has 0 spiro atoms. The molecule has 7 nitrogen and oxygen atoms in total. The molecule has 1 heterocycles. The zero-order valence-electron chi connectivity index (χ0n) is 14.3. The molecule has 1 aromatic heterocycles. The van der Waals surface area contributed by atoms with Crippen LogP contribution in [0.1, 0.15) is 39.4 Å². The lowest BCUT2D eigenvalue weighted by atomic mass is 10.2. The summed E-state index contributed by atoms with van der Waals surface area (Å²) in [6, 6.07) is 7.71. The quantitative estimate of drug-likeness (QED) is 0.708. The standard InChI is InChI=1S/C17H24N4O3/c1-17(2,3)24-16(23)18-10-6-9-15(22)19-11-14-20-12-7-4-5-8-13(12)21-14/h4-5,7-8H,6,9-11H2,1-3H3,(H,18,23)(H,19,22)(H,20,21). The number of aromatic nitrogens is 2. The van der Waals surface area contributed by atoms with Gasteiger partial charge in [0.2, 0.25) is 5.91 Å². The van der Waals surface area contributed by atoms with Crippen LogP contribution in [0, 0.1) is 0 Å². The number of alkyl carbamates (subject to hydrolysis) is 1. The van der Waals surface area contributed by atoms with Crippen LogP contribution in [0.5, 0.6) is 0 Å². The highest BCUT2D eigenvalue weighted by atomic mass is 16.6. The molecule has 0 radical (unpaired) electrons. The summed E-state index contributed by atoms with van der Waals surface area (Å²) in [5.41, 5.74) is 1.31. The van der Waals surface area contributed by atoms with Gasteiger partial charge in [0.25, 0.3) is 0 Å². The van der Waals surface area contributed by atoms with E-state index in [4.69, 9.17) is 4.74 Å². The van der Waals surface area contributed by atoms with Crippen LogP contribution in [0.4, 0.5) is 4.79 Å². The summed E-state index contributed by atoms with van der Waals surface area (Å²) in [6.45, 7) is 6.16. The van der Waals surface area contributed by atoms with Gasteiger partial charge in [-0.3, -0.25) is 4.79 Å². The maximum atomic E-state index is 11.8. The number of benzene rings is 1. The molecule has 24 heavy (non-hydrogen) atoms. The molecule has 0 atom stereocenters. The third kappa shape index (κ3) is 5.91. The second-order valence-electron chi connectivity index (χ2n) is 6.51. The number of ether oxygens (including phenoxy) is 1. The number of amides is 2. The lowest BCUT2D eigenvalue weighted by Crippen LogP contribution is -2.33. The fourth-order valence-corrected chi connectivity index (χ4v) is 2.11. The van der Waals surface area contributed by atoms with E-state index in [1.807, 2.05) is 24.3 Å². The van der Waals surface area contributed by atoms with Crippen LogP contribution in [0.3, 0.4) is 0 Å². The van der Waals surface area contributed by atoms with Crippen LogP contribution < -0.4 is 10.6 Å². The number of fused-ring (bicyclic) bond motifs is 1. The first-order valence-corrected chi connectivity index (χ1v) is 8.01. The molecule has 0 fully saturated rings. The summed E-state index contributed by atoms with van der Waals surface area (Å²) in [7, 11) is 0. The van der Waals surface area contributed by atoms with Gasteiger partial charge in [-0.1, -0.05) is 12.1 Å². The maximum Gasteiger partial charge on any atom is 0.407 e. The van der Waals surface area contributed by atoms with Crippen LogP contribution in [0.15, 0.2) is 24.3 Å². The lowest BCUT2D eigenvalue weighted by molar-refractivity contribution is -0.121. The average molecular weight is 332 g/mol. The predicted octanol–water partition coefficient (Wildman–Crippen LogP) is 2.48. The highest BCUT2D eigenvalue weighted by Crippen LogP contribution is 2.10. The molecule has 0 saturated heterocycles. The fourth-order valence-electron chi connectivity index (χ4n) is 2.11. The number of carbonyl (C=O) groups is 2. The number of imidazole rings is 1. The minimum atomic E-state index is -0.520. The van der Waals surface area contributed by atoms with E-state index in [1.54, 1.807) is 20.8 Å². The number of hydrogen-bond donors (Lipinski definition) is 3. The van der Waals surface area contributed by atoms with Gasteiger partial charge in [-0.25, -0.2) is 9.78 Å². The first-order valence-electron chi connectivity index (χ1n) is 8.01. The summed E-state index contributed by atoms with van der Waals surface area (Å²) >= 11 is 0. The van der Waals surface area contributed by atoms with Crippen LogP contribution in [-0.2, 0) is 16.1 Å². The minimum absolute atomic E-state index is 0.0820. The van der Waals surface area contributed by atoms with Gasteiger partial charge < -0.3 is 20.4 Å². The number of H-pyrrole nitrogens is 1. The Morgan fingerprint density at radius 1 is 1.21 bits per heavy atom. The topological polar surface area (TPSA) is 96.1 Å². The molecule has 2 amide bonds. The molecule has 3 N–H and O–H groups in total. The van der Waals surface area contributed by atoms with E-state index in [0.29, 0.717) is 25.9 Å². The second kappa shape index (κ2) is 7.81. The van der Waals surface area contributed by atoms with Gasteiger partial charge >= 0.3 is 6.09 Å². The number of nitrogens with one attached hydrogen (secondary N) is 3. The molecule has 0 aliphatic rings. The van der Waals surface area contributed by atoms with Gasteiger partial charge in [-0.2, -0.15) is 0 Å². The molecule has 0 aliphatic carbocycles. The number of rotatable bonds is 6.